The number of anilines is 1. The van der Waals surface area contributed by atoms with Crippen LogP contribution in [-0.4, -0.2) is 42.0 Å². The summed E-state index contributed by atoms with van der Waals surface area (Å²) in [5.41, 5.74) is 7.89. The number of carbonyl (C=O) groups is 1. The van der Waals surface area contributed by atoms with Crippen LogP contribution in [0.2, 0.25) is 0 Å². The molecule has 1 unspecified atom stereocenters. The van der Waals surface area contributed by atoms with Crippen LogP contribution >= 0.6 is 11.3 Å². The van der Waals surface area contributed by atoms with Crippen LogP contribution in [0.15, 0.2) is 54.6 Å². The highest BCUT2D eigenvalue weighted by Crippen LogP contribution is 2.30. The first-order valence-corrected chi connectivity index (χ1v) is 9.23. The Labute approximate surface area is 150 Å². The quantitative estimate of drug-likeness (QED) is 0.784. The van der Waals surface area contributed by atoms with Gasteiger partial charge in [-0.05, 0) is 24.3 Å². The number of rotatable bonds is 4. The summed E-state index contributed by atoms with van der Waals surface area (Å²) in [6, 6.07) is 17.9. The summed E-state index contributed by atoms with van der Waals surface area (Å²) in [6.07, 6.45) is 0. The van der Waals surface area contributed by atoms with Crippen molar-refractivity contribution in [3.8, 4) is 0 Å². The minimum Gasteiger partial charge on any atom is -0.369 e. The molecule has 4 rings (SSSR count). The first-order valence-electron chi connectivity index (χ1n) is 8.41. The molecule has 1 aliphatic heterocycles. The Bertz CT molecular complexity index is 838. The van der Waals surface area contributed by atoms with E-state index in [9.17, 15) is 4.79 Å². The van der Waals surface area contributed by atoms with Gasteiger partial charge in [0.15, 0.2) is 0 Å². The van der Waals surface area contributed by atoms with E-state index in [1.54, 1.807) is 11.3 Å². The average Bonchev–Trinajstić information content (AvgIpc) is 3.06. The molecule has 3 aromatic rings. The predicted molar refractivity (Wildman–Crippen MR) is 102 cm³/mol. The van der Waals surface area contributed by atoms with Gasteiger partial charge in [-0.15, -0.1) is 11.3 Å². The van der Waals surface area contributed by atoms with Crippen molar-refractivity contribution in [2.75, 3.05) is 31.1 Å². The van der Waals surface area contributed by atoms with E-state index in [0.29, 0.717) is 0 Å². The Hall–Kier alpha value is -2.44. The summed E-state index contributed by atoms with van der Waals surface area (Å²) in [5, 5.41) is 0.793. The molecule has 1 atom stereocenters. The minimum atomic E-state index is -0.449. The lowest BCUT2D eigenvalue weighted by atomic mass is 10.2. The molecule has 6 heteroatoms. The summed E-state index contributed by atoms with van der Waals surface area (Å²) in [7, 11) is 0. The Morgan fingerprint density at radius 3 is 2.36 bits per heavy atom. The van der Waals surface area contributed by atoms with E-state index in [1.807, 2.05) is 30.3 Å². The number of amides is 1. The number of primary amides is 1. The third kappa shape index (κ3) is 3.23. The lowest BCUT2D eigenvalue weighted by Gasteiger charge is -2.38. The zero-order valence-corrected chi connectivity index (χ0v) is 14.7. The molecule has 0 radical (unpaired) electrons. The summed E-state index contributed by atoms with van der Waals surface area (Å²) >= 11 is 1.56. The number of carbonyl (C=O) groups excluding carboxylic acids is 1. The largest absolute Gasteiger partial charge is 0.369 e. The van der Waals surface area contributed by atoms with Crippen LogP contribution in [0, 0.1) is 0 Å². The van der Waals surface area contributed by atoms with E-state index in [-0.39, 0.29) is 5.91 Å². The van der Waals surface area contributed by atoms with Gasteiger partial charge >= 0.3 is 0 Å². The lowest BCUT2D eigenvalue weighted by Crippen LogP contribution is -2.50. The van der Waals surface area contributed by atoms with Crippen LogP contribution in [0.25, 0.3) is 10.2 Å². The van der Waals surface area contributed by atoms with Crippen molar-refractivity contribution >= 4 is 33.1 Å². The average molecular weight is 352 g/mol. The molecule has 2 aromatic carbocycles. The van der Waals surface area contributed by atoms with E-state index < -0.39 is 6.04 Å². The van der Waals surface area contributed by atoms with Gasteiger partial charge in [-0.25, -0.2) is 4.98 Å². The van der Waals surface area contributed by atoms with Crippen LogP contribution in [-0.2, 0) is 4.79 Å². The van der Waals surface area contributed by atoms with E-state index in [1.165, 1.54) is 5.69 Å². The number of thiazole rings is 1. The van der Waals surface area contributed by atoms with Gasteiger partial charge in [0.1, 0.15) is 11.0 Å². The van der Waals surface area contributed by atoms with E-state index in [2.05, 4.69) is 39.0 Å². The van der Waals surface area contributed by atoms with Crippen LogP contribution < -0.4 is 10.6 Å². The topological polar surface area (TPSA) is 62.5 Å². The molecule has 1 aromatic heterocycles. The summed E-state index contributed by atoms with van der Waals surface area (Å²) in [5.74, 6) is -0.327. The Morgan fingerprint density at radius 1 is 1.00 bits per heavy atom. The third-order valence-corrected chi connectivity index (χ3v) is 5.70. The van der Waals surface area contributed by atoms with Crippen LogP contribution in [0.1, 0.15) is 11.0 Å². The molecular formula is C19H20N4OS. The molecule has 128 valence electrons. The van der Waals surface area contributed by atoms with E-state index in [0.717, 1.165) is 41.4 Å². The molecule has 1 fully saturated rings. The predicted octanol–water partition coefficient (Wildman–Crippen LogP) is 2.64. The zero-order chi connectivity index (χ0) is 17.2. The molecule has 2 N–H and O–H groups in total. The monoisotopic (exact) mass is 352 g/mol. The summed E-state index contributed by atoms with van der Waals surface area (Å²) in [6.45, 7) is 3.33. The maximum Gasteiger partial charge on any atom is 0.241 e. The fraction of sp³-hybridized carbons (Fsp3) is 0.263. The van der Waals surface area contributed by atoms with Crippen molar-refractivity contribution in [1.29, 1.82) is 0 Å². The number of hydrogen-bond acceptors (Lipinski definition) is 5. The van der Waals surface area contributed by atoms with Gasteiger partial charge in [-0.1, -0.05) is 30.3 Å². The van der Waals surface area contributed by atoms with Gasteiger partial charge in [0, 0.05) is 31.9 Å². The number of benzene rings is 2. The van der Waals surface area contributed by atoms with Crippen molar-refractivity contribution in [2.24, 2.45) is 5.73 Å². The standard InChI is InChI=1S/C19H20N4OS/c20-18(24)17(19-21-15-8-4-5-9-16(15)25-19)23-12-10-22(11-13-23)14-6-2-1-3-7-14/h1-9,17H,10-13H2,(H2,20,24). The Balaban J connectivity index is 1.53. The molecule has 5 nitrogen and oxygen atoms in total. The number of nitrogens with zero attached hydrogens (tertiary/aromatic N) is 3. The van der Waals surface area contributed by atoms with Crippen LogP contribution in [0.3, 0.4) is 0 Å². The fourth-order valence-electron chi connectivity index (χ4n) is 3.34. The Kier molecular flexibility index (Phi) is 4.38. The maximum absolute atomic E-state index is 12.2. The number of aromatic nitrogens is 1. The van der Waals surface area contributed by atoms with E-state index in [4.69, 9.17) is 5.73 Å². The van der Waals surface area contributed by atoms with Gasteiger partial charge in [0.25, 0.3) is 0 Å². The SMILES string of the molecule is NC(=O)C(c1nc2ccccc2s1)N1CCN(c2ccccc2)CC1. The summed E-state index contributed by atoms with van der Waals surface area (Å²) in [4.78, 5) is 21.3. The van der Waals surface area contributed by atoms with Gasteiger partial charge in [0.05, 0.1) is 10.2 Å². The highest BCUT2D eigenvalue weighted by molar-refractivity contribution is 7.18. The lowest BCUT2D eigenvalue weighted by molar-refractivity contribution is -0.123. The second-order valence-electron chi connectivity index (χ2n) is 6.18. The maximum atomic E-state index is 12.2. The second-order valence-corrected chi connectivity index (χ2v) is 7.25. The molecule has 2 heterocycles. The molecule has 1 saturated heterocycles. The van der Waals surface area contributed by atoms with Crippen molar-refractivity contribution in [3.05, 3.63) is 59.6 Å². The number of para-hydroxylation sites is 2. The molecule has 1 aliphatic rings. The van der Waals surface area contributed by atoms with Crippen molar-refractivity contribution in [2.45, 2.75) is 6.04 Å². The van der Waals surface area contributed by atoms with E-state index >= 15 is 0 Å². The molecule has 1 amide bonds. The van der Waals surface area contributed by atoms with Gasteiger partial charge in [-0.3, -0.25) is 9.69 Å². The molecule has 0 spiro atoms. The number of fused-ring (bicyclic) bond motifs is 1. The van der Waals surface area contributed by atoms with Crippen molar-refractivity contribution < 1.29 is 4.79 Å². The molecule has 25 heavy (non-hydrogen) atoms. The smallest absolute Gasteiger partial charge is 0.241 e. The fourth-order valence-corrected chi connectivity index (χ4v) is 4.45. The number of nitrogens with two attached hydrogens (primary N) is 1. The van der Waals surface area contributed by atoms with Crippen molar-refractivity contribution in [3.63, 3.8) is 0 Å². The molecule has 0 aliphatic carbocycles. The number of piperazine rings is 1. The normalized spacial score (nSPS) is 16.9. The van der Waals surface area contributed by atoms with Crippen molar-refractivity contribution in [1.82, 2.24) is 9.88 Å². The van der Waals surface area contributed by atoms with Crippen LogP contribution in [0.4, 0.5) is 5.69 Å². The number of hydrogen-bond donors (Lipinski definition) is 1. The van der Waals surface area contributed by atoms with Crippen LogP contribution in [0.5, 0.6) is 0 Å². The molecule has 0 saturated carbocycles. The van der Waals surface area contributed by atoms with Gasteiger partial charge in [-0.2, -0.15) is 0 Å². The molecular weight excluding hydrogens is 332 g/mol. The van der Waals surface area contributed by atoms with Gasteiger partial charge < -0.3 is 10.6 Å². The Morgan fingerprint density at radius 2 is 1.68 bits per heavy atom. The van der Waals surface area contributed by atoms with Gasteiger partial charge in [0.2, 0.25) is 5.91 Å². The highest BCUT2D eigenvalue weighted by Gasteiger charge is 2.31. The first-order chi connectivity index (χ1) is 12.2. The first kappa shape index (κ1) is 16.1. The third-order valence-electron chi connectivity index (χ3n) is 4.61. The molecule has 0 bridgehead atoms. The highest BCUT2D eigenvalue weighted by atomic mass is 32.1. The minimum absolute atomic E-state index is 0.327. The second kappa shape index (κ2) is 6.82. The zero-order valence-electron chi connectivity index (χ0n) is 13.8. The summed E-state index contributed by atoms with van der Waals surface area (Å²) < 4.78 is 1.09.